The minimum absolute atomic E-state index is 0.156. The van der Waals surface area contributed by atoms with Gasteiger partial charge < -0.3 is 5.73 Å². The molecule has 1 aromatic rings. The van der Waals surface area contributed by atoms with Gasteiger partial charge in [-0.3, -0.25) is 0 Å². The van der Waals surface area contributed by atoms with Gasteiger partial charge in [-0.25, -0.2) is 8.42 Å². The van der Waals surface area contributed by atoms with E-state index in [4.69, 9.17) is 5.73 Å². The van der Waals surface area contributed by atoms with E-state index in [-0.39, 0.29) is 5.92 Å². The second kappa shape index (κ2) is 6.31. The SMILES string of the molecule is CCN(CC(C)CN)S(=O)(=O)c1ccccc1C. The minimum Gasteiger partial charge on any atom is -0.330 e. The van der Waals surface area contributed by atoms with Crippen LogP contribution in [0.2, 0.25) is 0 Å². The van der Waals surface area contributed by atoms with E-state index >= 15 is 0 Å². The van der Waals surface area contributed by atoms with Crippen molar-refractivity contribution in [2.75, 3.05) is 19.6 Å². The molecule has 0 aliphatic rings. The average Bonchev–Trinajstić information content (AvgIpc) is 2.35. The van der Waals surface area contributed by atoms with Crippen LogP contribution >= 0.6 is 0 Å². The van der Waals surface area contributed by atoms with Gasteiger partial charge in [0.15, 0.2) is 0 Å². The molecular formula is C13H22N2O2S. The maximum Gasteiger partial charge on any atom is 0.243 e. The molecule has 0 spiro atoms. The average molecular weight is 270 g/mol. The molecule has 1 atom stereocenters. The largest absolute Gasteiger partial charge is 0.330 e. The molecule has 0 bridgehead atoms. The molecule has 102 valence electrons. The highest BCUT2D eigenvalue weighted by atomic mass is 32.2. The maximum absolute atomic E-state index is 12.5. The molecule has 0 saturated heterocycles. The van der Waals surface area contributed by atoms with E-state index in [2.05, 4.69) is 0 Å². The molecular weight excluding hydrogens is 248 g/mol. The Morgan fingerprint density at radius 2 is 1.94 bits per heavy atom. The highest BCUT2D eigenvalue weighted by molar-refractivity contribution is 7.89. The first-order valence-electron chi connectivity index (χ1n) is 6.19. The van der Waals surface area contributed by atoms with E-state index in [1.807, 2.05) is 32.9 Å². The predicted molar refractivity (Wildman–Crippen MR) is 73.8 cm³/mol. The number of aryl methyl sites for hydroxylation is 1. The predicted octanol–water partition coefficient (Wildman–Crippen LogP) is 1.60. The molecule has 1 aromatic carbocycles. The molecule has 0 heterocycles. The summed E-state index contributed by atoms with van der Waals surface area (Å²) in [6, 6.07) is 7.06. The van der Waals surface area contributed by atoms with Gasteiger partial charge in [0, 0.05) is 13.1 Å². The Bertz CT molecular complexity index is 486. The third-order valence-electron chi connectivity index (χ3n) is 2.98. The van der Waals surface area contributed by atoms with E-state index < -0.39 is 10.0 Å². The van der Waals surface area contributed by atoms with Gasteiger partial charge in [0.2, 0.25) is 10.0 Å². The zero-order valence-corrected chi connectivity index (χ0v) is 12.1. The Hall–Kier alpha value is -0.910. The Labute approximate surface area is 110 Å². The van der Waals surface area contributed by atoms with Crippen LogP contribution in [0.3, 0.4) is 0 Å². The van der Waals surface area contributed by atoms with E-state index in [1.165, 1.54) is 4.31 Å². The Balaban J connectivity index is 3.08. The quantitative estimate of drug-likeness (QED) is 0.854. The van der Waals surface area contributed by atoms with E-state index in [1.54, 1.807) is 12.1 Å². The van der Waals surface area contributed by atoms with Gasteiger partial charge in [-0.2, -0.15) is 4.31 Å². The molecule has 0 saturated carbocycles. The van der Waals surface area contributed by atoms with Gasteiger partial charge >= 0.3 is 0 Å². The first-order chi connectivity index (χ1) is 8.43. The van der Waals surface area contributed by atoms with Gasteiger partial charge in [0.25, 0.3) is 0 Å². The first kappa shape index (κ1) is 15.1. The molecule has 0 fully saturated rings. The minimum atomic E-state index is -3.41. The lowest BCUT2D eigenvalue weighted by atomic mass is 10.2. The van der Waals surface area contributed by atoms with Crippen molar-refractivity contribution >= 4 is 10.0 Å². The molecule has 18 heavy (non-hydrogen) atoms. The summed E-state index contributed by atoms with van der Waals surface area (Å²) in [6.45, 7) is 7.02. The van der Waals surface area contributed by atoms with Crippen molar-refractivity contribution in [2.45, 2.75) is 25.7 Å². The topological polar surface area (TPSA) is 63.4 Å². The van der Waals surface area contributed by atoms with Crippen LogP contribution < -0.4 is 5.73 Å². The van der Waals surface area contributed by atoms with Crippen LogP contribution in [0.15, 0.2) is 29.2 Å². The number of nitrogens with zero attached hydrogens (tertiary/aromatic N) is 1. The van der Waals surface area contributed by atoms with Crippen molar-refractivity contribution in [3.05, 3.63) is 29.8 Å². The molecule has 0 aliphatic carbocycles. The van der Waals surface area contributed by atoms with Gasteiger partial charge in [-0.15, -0.1) is 0 Å². The summed E-state index contributed by atoms with van der Waals surface area (Å²) >= 11 is 0. The molecule has 2 N–H and O–H groups in total. The monoisotopic (exact) mass is 270 g/mol. The second-order valence-electron chi connectivity index (χ2n) is 4.56. The second-order valence-corrected chi connectivity index (χ2v) is 6.47. The smallest absolute Gasteiger partial charge is 0.243 e. The molecule has 5 heteroatoms. The molecule has 0 aromatic heterocycles. The number of hydrogen-bond acceptors (Lipinski definition) is 3. The lowest BCUT2D eigenvalue weighted by Crippen LogP contribution is -2.36. The van der Waals surface area contributed by atoms with Crippen molar-refractivity contribution < 1.29 is 8.42 Å². The van der Waals surface area contributed by atoms with Crippen LogP contribution in [-0.4, -0.2) is 32.4 Å². The number of nitrogens with two attached hydrogens (primary N) is 1. The normalized spacial score (nSPS) is 13.8. The van der Waals surface area contributed by atoms with Crippen LogP contribution in [0.25, 0.3) is 0 Å². The number of sulfonamides is 1. The summed E-state index contributed by atoms with van der Waals surface area (Å²) in [7, 11) is -3.41. The van der Waals surface area contributed by atoms with Crippen LogP contribution in [-0.2, 0) is 10.0 Å². The van der Waals surface area contributed by atoms with Crippen molar-refractivity contribution in [1.29, 1.82) is 0 Å². The van der Waals surface area contributed by atoms with Gasteiger partial charge in [-0.05, 0) is 31.0 Å². The van der Waals surface area contributed by atoms with Crippen LogP contribution in [0, 0.1) is 12.8 Å². The highest BCUT2D eigenvalue weighted by Gasteiger charge is 2.25. The van der Waals surface area contributed by atoms with E-state index in [0.717, 1.165) is 5.56 Å². The Morgan fingerprint density at radius 3 is 2.44 bits per heavy atom. The zero-order chi connectivity index (χ0) is 13.8. The van der Waals surface area contributed by atoms with Crippen molar-refractivity contribution in [3.8, 4) is 0 Å². The summed E-state index contributed by atoms with van der Waals surface area (Å²) in [5, 5.41) is 0. The number of rotatable bonds is 6. The Kier molecular flexibility index (Phi) is 5.31. The fraction of sp³-hybridized carbons (Fsp3) is 0.538. The van der Waals surface area contributed by atoms with E-state index in [9.17, 15) is 8.42 Å². The Morgan fingerprint density at radius 1 is 1.33 bits per heavy atom. The summed E-state index contributed by atoms with van der Waals surface area (Å²) in [5.41, 5.74) is 6.34. The standard InChI is InChI=1S/C13H22N2O2S/c1-4-15(10-11(2)9-14)18(16,17)13-8-6-5-7-12(13)3/h5-8,11H,4,9-10,14H2,1-3H3. The lowest BCUT2D eigenvalue weighted by molar-refractivity contribution is 0.371. The van der Waals surface area contributed by atoms with Crippen molar-refractivity contribution in [1.82, 2.24) is 4.31 Å². The third kappa shape index (κ3) is 3.31. The van der Waals surface area contributed by atoms with Crippen molar-refractivity contribution in [2.24, 2.45) is 11.7 Å². The molecule has 4 nitrogen and oxygen atoms in total. The number of benzene rings is 1. The van der Waals surface area contributed by atoms with Crippen LogP contribution in [0.5, 0.6) is 0 Å². The number of hydrogen-bond donors (Lipinski definition) is 1. The molecule has 1 unspecified atom stereocenters. The summed E-state index contributed by atoms with van der Waals surface area (Å²) in [5.74, 6) is 0.156. The molecule has 0 aliphatic heterocycles. The molecule has 0 amide bonds. The fourth-order valence-corrected chi connectivity index (χ4v) is 3.60. The fourth-order valence-electron chi connectivity index (χ4n) is 1.80. The highest BCUT2D eigenvalue weighted by Crippen LogP contribution is 2.20. The summed E-state index contributed by atoms with van der Waals surface area (Å²) in [6.07, 6.45) is 0. The van der Waals surface area contributed by atoms with Gasteiger partial charge in [0.05, 0.1) is 4.90 Å². The lowest BCUT2D eigenvalue weighted by Gasteiger charge is -2.24. The molecule has 0 radical (unpaired) electrons. The van der Waals surface area contributed by atoms with Gasteiger partial charge in [0.1, 0.15) is 0 Å². The molecule has 1 rings (SSSR count). The van der Waals surface area contributed by atoms with Crippen molar-refractivity contribution in [3.63, 3.8) is 0 Å². The zero-order valence-electron chi connectivity index (χ0n) is 11.3. The third-order valence-corrected chi connectivity index (χ3v) is 5.08. The van der Waals surface area contributed by atoms with Crippen LogP contribution in [0.1, 0.15) is 19.4 Å². The van der Waals surface area contributed by atoms with E-state index in [0.29, 0.717) is 24.5 Å². The first-order valence-corrected chi connectivity index (χ1v) is 7.63. The van der Waals surface area contributed by atoms with Crippen LogP contribution in [0.4, 0.5) is 0 Å². The maximum atomic E-state index is 12.5. The summed E-state index contributed by atoms with van der Waals surface area (Å²) in [4.78, 5) is 0.385. The van der Waals surface area contributed by atoms with Gasteiger partial charge in [-0.1, -0.05) is 32.0 Å². The summed E-state index contributed by atoms with van der Waals surface area (Å²) < 4.78 is 26.5.